The lowest BCUT2D eigenvalue weighted by molar-refractivity contribution is -0.140. The van der Waals surface area contributed by atoms with Gasteiger partial charge in [0.2, 0.25) is 0 Å². The van der Waals surface area contributed by atoms with Gasteiger partial charge < -0.3 is 15.4 Å². The van der Waals surface area contributed by atoms with Crippen molar-refractivity contribution in [2.45, 2.75) is 13.5 Å². The number of carbonyl (C=O) groups excluding carboxylic acids is 1. The second-order valence-electron chi connectivity index (χ2n) is 3.69. The lowest BCUT2D eigenvalue weighted by Crippen LogP contribution is -2.42. The Balaban J connectivity index is 1.96. The monoisotopic (exact) mass is 302 g/mol. The van der Waals surface area contributed by atoms with Crippen LogP contribution < -0.4 is 10.6 Å². The second kappa shape index (κ2) is 5.69. The van der Waals surface area contributed by atoms with E-state index in [1.165, 1.54) is 11.3 Å². The number of hydrogen-bond donors (Lipinski definition) is 2. The van der Waals surface area contributed by atoms with Gasteiger partial charge in [0.05, 0.1) is 16.5 Å². The van der Waals surface area contributed by atoms with Crippen LogP contribution in [0, 0.1) is 0 Å². The Morgan fingerprint density at radius 2 is 2.39 bits per heavy atom. The zero-order valence-electron chi connectivity index (χ0n) is 9.58. The summed E-state index contributed by atoms with van der Waals surface area (Å²) in [7, 11) is 0. The number of halogens is 1. The van der Waals surface area contributed by atoms with Crippen LogP contribution in [0.2, 0.25) is 4.34 Å². The molecule has 0 amide bonds. The zero-order chi connectivity index (χ0) is 13.1. The number of ether oxygens (including phenoxy) is 1. The van der Waals surface area contributed by atoms with E-state index in [0.29, 0.717) is 21.6 Å². The van der Waals surface area contributed by atoms with Gasteiger partial charge in [-0.3, -0.25) is 0 Å². The number of esters is 1. The number of hydrogen-bond acceptors (Lipinski definition) is 4. The van der Waals surface area contributed by atoms with Crippen molar-refractivity contribution in [1.82, 2.24) is 10.6 Å². The molecule has 96 valence electrons. The third kappa shape index (κ3) is 3.22. The van der Waals surface area contributed by atoms with Crippen molar-refractivity contribution >= 4 is 46.2 Å². The maximum absolute atomic E-state index is 11.9. The molecule has 1 aromatic rings. The van der Waals surface area contributed by atoms with Crippen LogP contribution in [0.5, 0.6) is 0 Å². The molecule has 0 aromatic carbocycles. The molecular weight excluding hydrogens is 292 g/mol. The first-order chi connectivity index (χ1) is 8.56. The number of allylic oxidation sites excluding steroid dienone is 1. The number of thiophene rings is 1. The van der Waals surface area contributed by atoms with Crippen molar-refractivity contribution in [3.8, 4) is 0 Å². The van der Waals surface area contributed by atoms with E-state index in [-0.39, 0.29) is 12.6 Å². The fraction of sp³-hybridized carbons (Fsp3) is 0.273. The van der Waals surface area contributed by atoms with Gasteiger partial charge in [-0.15, -0.1) is 11.3 Å². The maximum atomic E-state index is 11.9. The van der Waals surface area contributed by atoms with E-state index >= 15 is 0 Å². The molecule has 2 rings (SSSR count). The standard InChI is InChI=1S/C11H11ClN2O2S2/c1-6-8(4-13-11(17)14-6)10(15)16-5-7-2-3-9(12)18-7/h2-3H,4-5H2,1H3,(H2,13,14,17). The first kappa shape index (κ1) is 13.3. The highest BCUT2D eigenvalue weighted by Crippen LogP contribution is 2.22. The minimum absolute atomic E-state index is 0.234. The summed E-state index contributed by atoms with van der Waals surface area (Å²) in [5.41, 5.74) is 1.29. The lowest BCUT2D eigenvalue weighted by atomic mass is 10.2. The van der Waals surface area contributed by atoms with E-state index < -0.39 is 0 Å². The molecule has 0 spiro atoms. The van der Waals surface area contributed by atoms with E-state index in [2.05, 4.69) is 10.6 Å². The first-order valence-corrected chi connectivity index (χ1v) is 6.82. The van der Waals surface area contributed by atoms with Gasteiger partial charge in [-0.05, 0) is 31.3 Å². The number of carbonyl (C=O) groups is 1. The average molecular weight is 303 g/mol. The van der Waals surface area contributed by atoms with Gasteiger partial charge in [0.25, 0.3) is 0 Å². The normalized spacial score (nSPS) is 15.1. The molecule has 1 aliphatic heterocycles. The maximum Gasteiger partial charge on any atom is 0.337 e. The summed E-state index contributed by atoms with van der Waals surface area (Å²) >= 11 is 12.1. The molecular formula is C11H11ClN2O2S2. The second-order valence-corrected chi connectivity index (χ2v) is 5.90. The largest absolute Gasteiger partial charge is 0.457 e. The molecule has 4 nitrogen and oxygen atoms in total. The third-order valence-corrected chi connectivity index (χ3v) is 3.85. The summed E-state index contributed by atoms with van der Waals surface area (Å²) in [5, 5.41) is 6.30. The summed E-state index contributed by atoms with van der Waals surface area (Å²) < 4.78 is 5.90. The fourth-order valence-corrected chi connectivity index (χ4v) is 2.70. The van der Waals surface area contributed by atoms with Gasteiger partial charge in [0.1, 0.15) is 6.61 Å². The SMILES string of the molecule is CC1=C(C(=O)OCc2ccc(Cl)s2)CNC(=S)N1. The van der Waals surface area contributed by atoms with E-state index in [1.807, 2.05) is 6.07 Å². The number of thiocarbonyl (C=S) groups is 1. The topological polar surface area (TPSA) is 50.4 Å². The summed E-state index contributed by atoms with van der Waals surface area (Å²) in [6.07, 6.45) is 0. The summed E-state index contributed by atoms with van der Waals surface area (Å²) in [4.78, 5) is 12.8. The Morgan fingerprint density at radius 1 is 1.61 bits per heavy atom. The van der Waals surface area contributed by atoms with Crippen molar-refractivity contribution in [1.29, 1.82) is 0 Å². The minimum Gasteiger partial charge on any atom is -0.457 e. The van der Waals surface area contributed by atoms with Crippen LogP contribution >= 0.6 is 35.2 Å². The highest BCUT2D eigenvalue weighted by atomic mass is 35.5. The van der Waals surface area contributed by atoms with Crippen LogP contribution in [0.15, 0.2) is 23.4 Å². The predicted octanol–water partition coefficient (Wildman–Crippen LogP) is 2.20. The summed E-state index contributed by atoms with van der Waals surface area (Å²) in [6, 6.07) is 3.62. The smallest absolute Gasteiger partial charge is 0.337 e. The van der Waals surface area contributed by atoms with E-state index in [9.17, 15) is 4.79 Å². The van der Waals surface area contributed by atoms with Gasteiger partial charge in [-0.25, -0.2) is 4.79 Å². The first-order valence-electron chi connectivity index (χ1n) is 5.22. The Morgan fingerprint density at radius 3 is 3.00 bits per heavy atom. The van der Waals surface area contributed by atoms with Crippen LogP contribution in [-0.2, 0) is 16.1 Å². The summed E-state index contributed by atoms with van der Waals surface area (Å²) in [5.74, 6) is -0.348. The van der Waals surface area contributed by atoms with Gasteiger partial charge in [0.15, 0.2) is 5.11 Å². The third-order valence-electron chi connectivity index (χ3n) is 2.40. The fourth-order valence-electron chi connectivity index (χ4n) is 1.47. The van der Waals surface area contributed by atoms with Gasteiger partial charge in [-0.1, -0.05) is 11.6 Å². The van der Waals surface area contributed by atoms with Crippen molar-refractivity contribution in [2.75, 3.05) is 6.54 Å². The Bertz CT molecular complexity index is 525. The van der Waals surface area contributed by atoms with Crippen LogP contribution in [0.25, 0.3) is 0 Å². The summed E-state index contributed by atoms with van der Waals surface area (Å²) in [6.45, 7) is 2.42. The molecule has 0 saturated heterocycles. The lowest BCUT2D eigenvalue weighted by Gasteiger charge is -2.20. The van der Waals surface area contributed by atoms with Crippen LogP contribution in [0.1, 0.15) is 11.8 Å². The van der Waals surface area contributed by atoms with Crippen molar-refractivity contribution in [2.24, 2.45) is 0 Å². The van der Waals surface area contributed by atoms with Gasteiger partial charge >= 0.3 is 5.97 Å². The highest BCUT2D eigenvalue weighted by Gasteiger charge is 2.19. The molecule has 2 N–H and O–H groups in total. The van der Waals surface area contributed by atoms with Crippen molar-refractivity contribution in [3.63, 3.8) is 0 Å². The predicted molar refractivity (Wildman–Crippen MR) is 75.6 cm³/mol. The quantitative estimate of drug-likeness (QED) is 0.662. The molecule has 0 fully saturated rings. The molecule has 1 aliphatic rings. The van der Waals surface area contributed by atoms with E-state index in [0.717, 1.165) is 10.6 Å². The van der Waals surface area contributed by atoms with Crippen molar-refractivity contribution < 1.29 is 9.53 Å². The Kier molecular flexibility index (Phi) is 4.21. The number of nitrogens with one attached hydrogen (secondary N) is 2. The zero-order valence-corrected chi connectivity index (χ0v) is 12.0. The molecule has 0 atom stereocenters. The van der Waals surface area contributed by atoms with Crippen LogP contribution in [0.4, 0.5) is 0 Å². The Hall–Kier alpha value is -1.11. The molecule has 0 bridgehead atoms. The number of rotatable bonds is 3. The van der Waals surface area contributed by atoms with E-state index in [4.69, 9.17) is 28.6 Å². The molecule has 7 heteroatoms. The molecule has 0 radical (unpaired) electrons. The highest BCUT2D eigenvalue weighted by molar-refractivity contribution is 7.80. The average Bonchev–Trinajstić information content (AvgIpc) is 2.72. The van der Waals surface area contributed by atoms with Crippen molar-refractivity contribution in [3.05, 3.63) is 32.6 Å². The molecule has 2 heterocycles. The molecule has 0 unspecified atom stereocenters. The minimum atomic E-state index is -0.348. The van der Waals surface area contributed by atoms with Gasteiger partial charge in [0, 0.05) is 10.6 Å². The van der Waals surface area contributed by atoms with Crippen LogP contribution in [-0.4, -0.2) is 17.6 Å². The van der Waals surface area contributed by atoms with Crippen LogP contribution in [0.3, 0.4) is 0 Å². The van der Waals surface area contributed by atoms with E-state index in [1.54, 1.807) is 13.0 Å². The van der Waals surface area contributed by atoms with Gasteiger partial charge in [-0.2, -0.15) is 0 Å². The molecule has 1 aromatic heterocycles. The molecule has 18 heavy (non-hydrogen) atoms. The Labute approximate surface area is 119 Å². The molecule has 0 saturated carbocycles. The molecule has 0 aliphatic carbocycles.